The average Bonchev–Trinajstić information content (AvgIpc) is 3.67. The highest BCUT2D eigenvalue weighted by atomic mass is 28.3. The molecule has 11 heteroatoms. The zero-order valence-corrected chi connectivity index (χ0v) is 25.1. The molecule has 0 aliphatic carbocycles. The Kier molecular flexibility index (Phi) is 5.37. The van der Waals surface area contributed by atoms with Gasteiger partial charge in [0.25, 0.3) is 0 Å². The summed E-state index contributed by atoms with van der Waals surface area (Å²) in [5.41, 5.74) is 4.30. The predicted molar refractivity (Wildman–Crippen MR) is 158 cm³/mol. The Morgan fingerprint density at radius 3 is 2.76 bits per heavy atom. The number of aromatic nitrogens is 3. The Labute approximate surface area is 243 Å². The molecule has 0 saturated carbocycles. The highest BCUT2D eigenvalue weighted by Crippen LogP contribution is 2.50. The van der Waals surface area contributed by atoms with Gasteiger partial charge in [0, 0.05) is 30.3 Å². The molecule has 2 aromatic heterocycles. The van der Waals surface area contributed by atoms with E-state index in [-0.39, 0.29) is 11.2 Å². The first-order chi connectivity index (χ1) is 20.2. The van der Waals surface area contributed by atoms with E-state index in [4.69, 9.17) is 18.8 Å². The van der Waals surface area contributed by atoms with E-state index in [1.165, 1.54) is 0 Å². The number of imidazole rings is 1. The topological polar surface area (TPSA) is 87.1 Å². The molecule has 9 nitrogen and oxygen atoms in total. The summed E-state index contributed by atoms with van der Waals surface area (Å²) < 4.78 is 34.9. The fourth-order valence-electron chi connectivity index (χ4n) is 6.93. The first kappa shape index (κ1) is 25.7. The molecule has 1 atom stereocenters. The third-order valence-corrected chi connectivity index (χ3v) is 12.6. The van der Waals surface area contributed by atoms with Gasteiger partial charge in [0.2, 0.25) is 5.72 Å². The van der Waals surface area contributed by atoms with E-state index in [0.717, 1.165) is 57.0 Å². The lowest BCUT2D eigenvalue weighted by atomic mass is 9.74. The molecule has 8 rings (SSSR count). The van der Waals surface area contributed by atoms with Crippen LogP contribution in [0.4, 0.5) is 4.39 Å². The highest BCUT2D eigenvalue weighted by molar-refractivity contribution is 6.90. The van der Waals surface area contributed by atoms with Crippen molar-refractivity contribution in [1.29, 1.82) is 0 Å². The number of rotatable bonds is 3. The van der Waals surface area contributed by atoms with Gasteiger partial charge in [-0.2, -0.15) is 0 Å². The van der Waals surface area contributed by atoms with Gasteiger partial charge in [0.15, 0.2) is 11.4 Å². The third-order valence-electron chi connectivity index (χ3n) is 9.35. The van der Waals surface area contributed by atoms with E-state index in [1.807, 2.05) is 36.7 Å². The fraction of sp³-hybridized carbons (Fsp3) is 0.387. The van der Waals surface area contributed by atoms with E-state index in [9.17, 15) is 0 Å². The quantitative estimate of drug-likeness (QED) is 0.310. The molecule has 4 aliphatic rings. The molecule has 0 N–H and O–H groups in total. The minimum Gasteiger partial charge on any atom is -0.493 e. The summed E-state index contributed by atoms with van der Waals surface area (Å²) >= 11 is 0. The van der Waals surface area contributed by atoms with Crippen LogP contribution in [0.15, 0.2) is 58.2 Å². The van der Waals surface area contributed by atoms with Gasteiger partial charge in [0.1, 0.15) is 11.6 Å². The van der Waals surface area contributed by atoms with Crippen molar-refractivity contribution in [2.45, 2.75) is 45.1 Å². The number of benzene rings is 2. The van der Waals surface area contributed by atoms with E-state index >= 15 is 4.39 Å². The van der Waals surface area contributed by atoms with E-state index in [1.54, 1.807) is 18.6 Å². The van der Waals surface area contributed by atoms with Gasteiger partial charge in [-0.15, -0.1) is 0 Å². The second kappa shape index (κ2) is 8.77. The maximum atomic E-state index is 15.3. The van der Waals surface area contributed by atoms with Gasteiger partial charge < -0.3 is 28.3 Å². The van der Waals surface area contributed by atoms with Gasteiger partial charge in [-0.3, -0.25) is 0 Å². The molecular weight excluding hydrogens is 553 g/mol. The van der Waals surface area contributed by atoms with Crippen LogP contribution >= 0.6 is 0 Å². The molecule has 2 fully saturated rings. The summed E-state index contributed by atoms with van der Waals surface area (Å²) in [5.74, 6) is 1.21. The Morgan fingerprint density at radius 2 is 2.00 bits per heavy atom. The Hall–Kier alpha value is -3.96. The molecule has 216 valence electrons. The maximum Gasteiger partial charge on any atom is 0.238 e. The standard InChI is InChI=1S/C31H32FN5O4Si/c1-19-14-36(18-33-19)25-8-5-20(22-13-34-40-26(22)25)11-21-12-31(16-38-17-31)15-37-29(21)35-41-30(37,2)23-6-7-24(32)28-27(23)39-9-10-42(28,3)4/h5-8,11,13-14,18H,9-10,12,15-17H2,1-4H3. The average molecular weight is 586 g/mol. The number of oxime groups is 1. The maximum absolute atomic E-state index is 15.3. The minimum absolute atomic E-state index is 0.0726. The second-order valence-electron chi connectivity index (χ2n) is 12.9. The van der Waals surface area contributed by atoms with Crippen LogP contribution in [-0.4, -0.2) is 59.9 Å². The van der Waals surface area contributed by atoms with Crippen LogP contribution in [0.5, 0.6) is 5.75 Å². The summed E-state index contributed by atoms with van der Waals surface area (Å²) in [5, 5.41) is 10.4. The highest BCUT2D eigenvalue weighted by Gasteiger charge is 2.56. The monoisotopic (exact) mass is 585 g/mol. The summed E-state index contributed by atoms with van der Waals surface area (Å²) in [4.78, 5) is 12.9. The first-order valence-electron chi connectivity index (χ1n) is 14.3. The predicted octanol–water partition coefficient (Wildman–Crippen LogP) is 5.09. The first-order valence-corrected chi connectivity index (χ1v) is 17.6. The summed E-state index contributed by atoms with van der Waals surface area (Å²) in [6, 6.07) is 8.36. The Bertz CT molecular complexity index is 1820. The lowest BCUT2D eigenvalue weighted by Gasteiger charge is -2.51. The molecule has 42 heavy (non-hydrogen) atoms. The number of amidine groups is 1. The van der Waals surface area contributed by atoms with E-state index in [2.05, 4.69) is 45.4 Å². The molecule has 0 radical (unpaired) electrons. The molecule has 1 unspecified atom stereocenters. The number of fused-ring (bicyclic) bond motifs is 3. The molecule has 0 amide bonds. The van der Waals surface area contributed by atoms with Crippen molar-refractivity contribution in [1.82, 2.24) is 19.6 Å². The SMILES string of the molecule is Cc1cn(-c2ccc(C=C3CC4(COC4)CN4C3=NOC4(C)c3ccc(F)c4c3OCC[Si]4(C)C)c3cnoc23)cn1. The van der Waals surface area contributed by atoms with Crippen molar-refractivity contribution in [3.8, 4) is 11.4 Å². The number of halogens is 1. The zero-order valence-electron chi connectivity index (χ0n) is 24.1. The number of piperidine rings is 1. The molecular formula is C31H32FN5O4Si. The van der Waals surface area contributed by atoms with Gasteiger partial charge in [-0.25, -0.2) is 9.37 Å². The Balaban J connectivity index is 1.23. The lowest BCUT2D eigenvalue weighted by molar-refractivity contribution is -0.159. The smallest absolute Gasteiger partial charge is 0.238 e. The van der Waals surface area contributed by atoms with Gasteiger partial charge in [-0.1, -0.05) is 29.5 Å². The van der Waals surface area contributed by atoms with Crippen LogP contribution in [0.1, 0.15) is 30.2 Å². The normalized spacial score (nSPS) is 24.6. The molecule has 4 aromatic rings. The van der Waals surface area contributed by atoms with Crippen molar-refractivity contribution in [2.24, 2.45) is 10.6 Å². The zero-order chi connectivity index (χ0) is 28.9. The van der Waals surface area contributed by atoms with Gasteiger partial charge in [-0.05, 0) is 54.8 Å². The molecule has 1 spiro atoms. The largest absolute Gasteiger partial charge is 0.493 e. The van der Waals surface area contributed by atoms with Crippen molar-refractivity contribution < 1.29 is 23.2 Å². The van der Waals surface area contributed by atoms with Crippen molar-refractivity contribution in [3.63, 3.8) is 0 Å². The van der Waals surface area contributed by atoms with Crippen LogP contribution in [-0.2, 0) is 15.3 Å². The van der Waals surface area contributed by atoms with Crippen LogP contribution < -0.4 is 9.92 Å². The van der Waals surface area contributed by atoms with Crippen molar-refractivity contribution in [2.75, 3.05) is 26.4 Å². The lowest BCUT2D eigenvalue weighted by Crippen LogP contribution is -2.60. The van der Waals surface area contributed by atoms with Crippen molar-refractivity contribution in [3.05, 3.63) is 71.2 Å². The fourth-order valence-corrected chi connectivity index (χ4v) is 9.34. The Morgan fingerprint density at radius 1 is 1.14 bits per heavy atom. The molecule has 2 aromatic carbocycles. The van der Waals surface area contributed by atoms with E-state index in [0.29, 0.717) is 37.7 Å². The van der Waals surface area contributed by atoms with Gasteiger partial charge in [0.05, 0.1) is 62.7 Å². The number of aryl methyl sites for hydroxylation is 1. The van der Waals surface area contributed by atoms with Crippen LogP contribution in [0.25, 0.3) is 22.7 Å². The molecule has 4 aliphatic heterocycles. The second-order valence-corrected chi connectivity index (χ2v) is 17.6. The molecule has 6 heterocycles. The molecule has 2 saturated heterocycles. The van der Waals surface area contributed by atoms with Crippen molar-refractivity contribution >= 4 is 36.1 Å². The number of nitrogens with zero attached hydrogens (tertiary/aromatic N) is 5. The minimum atomic E-state index is -2.01. The molecule has 0 bridgehead atoms. The van der Waals surface area contributed by atoms with Crippen LogP contribution in [0.3, 0.4) is 0 Å². The number of ether oxygens (including phenoxy) is 2. The summed E-state index contributed by atoms with van der Waals surface area (Å²) in [6.07, 6.45) is 8.45. The number of hydrogen-bond acceptors (Lipinski definition) is 8. The van der Waals surface area contributed by atoms with E-state index < -0.39 is 13.8 Å². The summed E-state index contributed by atoms with van der Waals surface area (Å²) in [7, 11) is -2.01. The van der Waals surface area contributed by atoms with Crippen LogP contribution in [0, 0.1) is 18.2 Å². The number of hydrogen-bond donors (Lipinski definition) is 0. The van der Waals surface area contributed by atoms with Crippen LogP contribution in [0.2, 0.25) is 19.1 Å². The van der Waals surface area contributed by atoms with Gasteiger partial charge >= 0.3 is 0 Å². The third kappa shape index (κ3) is 3.65. The summed E-state index contributed by atoms with van der Waals surface area (Å²) in [6.45, 7) is 11.0.